The fourth-order valence-electron chi connectivity index (χ4n) is 3.63. The minimum Gasteiger partial charge on any atom is -0.466 e. The summed E-state index contributed by atoms with van der Waals surface area (Å²) >= 11 is 0. The van der Waals surface area contributed by atoms with Crippen LogP contribution in [0.25, 0.3) is 0 Å². The molecule has 5 nitrogen and oxygen atoms in total. The highest BCUT2D eigenvalue weighted by Crippen LogP contribution is 2.52. The molecule has 3 aliphatic heterocycles. The molecule has 3 rings (SSSR count). The van der Waals surface area contributed by atoms with Gasteiger partial charge in [-0.05, 0) is 20.3 Å². The van der Waals surface area contributed by atoms with Gasteiger partial charge in [-0.2, -0.15) is 0 Å². The van der Waals surface area contributed by atoms with Crippen LogP contribution < -0.4 is 0 Å². The Morgan fingerprint density at radius 3 is 3.00 bits per heavy atom. The zero-order chi connectivity index (χ0) is 14.5. The number of amides is 1. The number of hydrogen-bond acceptors (Lipinski definition) is 4. The van der Waals surface area contributed by atoms with Gasteiger partial charge in [-0.25, -0.2) is 0 Å². The highest BCUT2D eigenvalue weighted by Gasteiger charge is 2.67. The number of hydrogen-bond donors (Lipinski definition) is 0. The molecule has 0 N–H and O–H groups in total. The Bertz CT molecular complexity index is 474. The second-order valence-electron chi connectivity index (χ2n) is 5.88. The summed E-state index contributed by atoms with van der Waals surface area (Å²) in [6.07, 6.45) is 4.47. The van der Waals surface area contributed by atoms with Crippen LogP contribution in [-0.2, 0) is 19.1 Å². The standard InChI is InChI=1S/C15H21NO4/c1-4-9(3)16-8-15-7-6-10(20-15)11(12(15)13(16)17)14(18)19-5-2/h6-7,9-12H,4-5,8H2,1-3H3/t9-,10-,11-,12-,15+/m0/s1. The molecule has 5 atom stereocenters. The molecule has 0 unspecified atom stereocenters. The van der Waals surface area contributed by atoms with E-state index < -0.39 is 17.4 Å². The van der Waals surface area contributed by atoms with E-state index in [9.17, 15) is 9.59 Å². The van der Waals surface area contributed by atoms with E-state index in [-0.39, 0.29) is 24.0 Å². The molecule has 1 spiro atoms. The molecule has 0 saturated carbocycles. The molecule has 0 aromatic heterocycles. The summed E-state index contributed by atoms with van der Waals surface area (Å²) in [6, 6.07) is 0.168. The van der Waals surface area contributed by atoms with E-state index in [4.69, 9.17) is 9.47 Å². The summed E-state index contributed by atoms with van der Waals surface area (Å²) in [4.78, 5) is 26.7. The third kappa shape index (κ3) is 1.65. The summed E-state index contributed by atoms with van der Waals surface area (Å²) in [5.41, 5.74) is -0.609. The first kappa shape index (κ1) is 13.6. The van der Waals surface area contributed by atoms with Crippen molar-refractivity contribution in [2.45, 2.75) is 44.9 Å². The summed E-state index contributed by atoms with van der Waals surface area (Å²) in [6.45, 7) is 6.74. The molecule has 3 aliphatic rings. The molecular formula is C15H21NO4. The van der Waals surface area contributed by atoms with Crippen LogP contribution in [0.2, 0.25) is 0 Å². The van der Waals surface area contributed by atoms with Crippen LogP contribution >= 0.6 is 0 Å². The Hall–Kier alpha value is -1.36. The van der Waals surface area contributed by atoms with Crippen molar-refractivity contribution >= 4 is 11.9 Å². The minimum atomic E-state index is -0.609. The van der Waals surface area contributed by atoms with Crippen molar-refractivity contribution in [2.75, 3.05) is 13.2 Å². The highest BCUT2D eigenvalue weighted by molar-refractivity contribution is 5.91. The quantitative estimate of drug-likeness (QED) is 0.572. The highest BCUT2D eigenvalue weighted by atomic mass is 16.6. The van der Waals surface area contributed by atoms with Gasteiger partial charge in [0, 0.05) is 6.04 Å². The summed E-state index contributed by atoms with van der Waals surface area (Å²) in [5.74, 6) is -1.18. The van der Waals surface area contributed by atoms with Crippen LogP contribution in [0.4, 0.5) is 0 Å². The molecule has 20 heavy (non-hydrogen) atoms. The van der Waals surface area contributed by atoms with Gasteiger partial charge in [0.05, 0.1) is 25.2 Å². The van der Waals surface area contributed by atoms with Crippen LogP contribution in [0.15, 0.2) is 12.2 Å². The van der Waals surface area contributed by atoms with Crippen LogP contribution in [0.1, 0.15) is 27.2 Å². The molecule has 0 aromatic carbocycles. The van der Waals surface area contributed by atoms with Gasteiger partial charge < -0.3 is 14.4 Å². The lowest BCUT2D eigenvalue weighted by Gasteiger charge is -2.26. The van der Waals surface area contributed by atoms with Crippen molar-refractivity contribution in [2.24, 2.45) is 11.8 Å². The molecule has 1 amide bonds. The van der Waals surface area contributed by atoms with Crippen molar-refractivity contribution in [3.05, 3.63) is 12.2 Å². The lowest BCUT2D eigenvalue weighted by Crippen LogP contribution is -2.41. The fraction of sp³-hybridized carbons (Fsp3) is 0.733. The predicted octanol–water partition coefficient (Wildman–Crippen LogP) is 1.13. The molecule has 2 saturated heterocycles. The van der Waals surface area contributed by atoms with Gasteiger partial charge in [-0.15, -0.1) is 0 Å². The normalized spacial score (nSPS) is 39.2. The van der Waals surface area contributed by atoms with E-state index in [1.54, 1.807) is 6.92 Å². The second-order valence-corrected chi connectivity index (χ2v) is 5.88. The van der Waals surface area contributed by atoms with Gasteiger partial charge in [-0.3, -0.25) is 9.59 Å². The maximum absolute atomic E-state index is 12.7. The first-order valence-electron chi connectivity index (χ1n) is 7.38. The summed E-state index contributed by atoms with van der Waals surface area (Å²) in [7, 11) is 0. The van der Waals surface area contributed by atoms with Crippen LogP contribution in [-0.4, -0.2) is 47.7 Å². The van der Waals surface area contributed by atoms with E-state index in [2.05, 4.69) is 6.92 Å². The predicted molar refractivity (Wildman–Crippen MR) is 71.8 cm³/mol. The van der Waals surface area contributed by atoms with E-state index >= 15 is 0 Å². The van der Waals surface area contributed by atoms with Crippen molar-refractivity contribution in [3.8, 4) is 0 Å². The van der Waals surface area contributed by atoms with Crippen LogP contribution in [0.3, 0.4) is 0 Å². The maximum Gasteiger partial charge on any atom is 0.312 e. The third-order valence-corrected chi connectivity index (χ3v) is 4.81. The van der Waals surface area contributed by atoms with Gasteiger partial charge in [0.25, 0.3) is 0 Å². The summed E-state index contributed by atoms with van der Waals surface area (Å²) < 4.78 is 11.1. The maximum atomic E-state index is 12.7. The number of likely N-dealkylation sites (tertiary alicyclic amines) is 1. The fourth-order valence-corrected chi connectivity index (χ4v) is 3.63. The zero-order valence-corrected chi connectivity index (χ0v) is 12.2. The SMILES string of the molecule is CCOC(=O)[C@H]1[C@@H]2C=C[C@]3(CN([C@@H](C)CC)C(=O)[C@H]13)O2. The first-order valence-corrected chi connectivity index (χ1v) is 7.38. The number of fused-ring (bicyclic) bond motifs is 1. The topological polar surface area (TPSA) is 55.8 Å². The van der Waals surface area contributed by atoms with Crippen molar-refractivity contribution < 1.29 is 19.1 Å². The Morgan fingerprint density at radius 2 is 2.35 bits per heavy atom. The molecule has 0 aliphatic carbocycles. The first-order chi connectivity index (χ1) is 9.54. The number of carbonyl (C=O) groups excluding carboxylic acids is 2. The summed E-state index contributed by atoms with van der Waals surface area (Å²) in [5, 5.41) is 0. The van der Waals surface area contributed by atoms with E-state index in [0.717, 1.165) is 6.42 Å². The molecule has 3 heterocycles. The zero-order valence-electron chi connectivity index (χ0n) is 12.2. The van der Waals surface area contributed by atoms with Gasteiger partial charge in [0.15, 0.2) is 0 Å². The molecule has 2 bridgehead atoms. The van der Waals surface area contributed by atoms with Crippen molar-refractivity contribution in [1.29, 1.82) is 0 Å². The van der Waals surface area contributed by atoms with Gasteiger partial charge in [0.1, 0.15) is 11.5 Å². The Balaban J connectivity index is 1.90. The Morgan fingerprint density at radius 1 is 1.60 bits per heavy atom. The largest absolute Gasteiger partial charge is 0.466 e. The Labute approximate surface area is 118 Å². The minimum absolute atomic E-state index is 0.0317. The smallest absolute Gasteiger partial charge is 0.312 e. The van der Waals surface area contributed by atoms with E-state index in [1.165, 1.54) is 0 Å². The lowest BCUT2D eigenvalue weighted by molar-refractivity contribution is -0.153. The lowest BCUT2D eigenvalue weighted by atomic mass is 9.77. The third-order valence-electron chi connectivity index (χ3n) is 4.81. The van der Waals surface area contributed by atoms with Crippen LogP contribution in [0, 0.1) is 11.8 Å². The Kier molecular flexibility index (Phi) is 3.12. The number of ether oxygens (including phenoxy) is 2. The van der Waals surface area contributed by atoms with E-state index in [0.29, 0.717) is 13.2 Å². The molecule has 110 valence electrons. The number of carbonyl (C=O) groups is 2. The molecule has 2 fully saturated rings. The van der Waals surface area contributed by atoms with Crippen molar-refractivity contribution in [1.82, 2.24) is 4.90 Å². The number of rotatable bonds is 4. The number of esters is 1. The number of nitrogens with zero attached hydrogens (tertiary/aromatic N) is 1. The molecule has 0 aromatic rings. The molecule has 0 radical (unpaired) electrons. The average Bonchev–Trinajstić information content (AvgIpc) is 3.06. The second kappa shape index (κ2) is 4.58. The van der Waals surface area contributed by atoms with Gasteiger partial charge in [0.2, 0.25) is 5.91 Å². The van der Waals surface area contributed by atoms with Crippen LogP contribution in [0.5, 0.6) is 0 Å². The molecular weight excluding hydrogens is 258 g/mol. The van der Waals surface area contributed by atoms with E-state index in [1.807, 2.05) is 24.0 Å². The monoisotopic (exact) mass is 279 g/mol. The van der Waals surface area contributed by atoms with Gasteiger partial charge >= 0.3 is 5.97 Å². The molecule has 5 heteroatoms. The van der Waals surface area contributed by atoms with Crippen molar-refractivity contribution in [3.63, 3.8) is 0 Å². The average molecular weight is 279 g/mol. The van der Waals surface area contributed by atoms with Gasteiger partial charge in [-0.1, -0.05) is 19.1 Å².